The zero-order valence-electron chi connectivity index (χ0n) is 19.9. The Bertz CT molecular complexity index is 767. The number of nitrogens with one attached hydrogen (secondary N) is 1. The number of nitrogens with two attached hydrogens (primary N) is 1. The van der Waals surface area contributed by atoms with Crippen molar-refractivity contribution < 1.29 is 4.79 Å². The highest BCUT2D eigenvalue weighted by Crippen LogP contribution is 2.40. The van der Waals surface area contributed by atoms with E-state index in [0.717, 1.165) is 31.7 Å². The summed E-state index contributed by atoms with van der Waals surface area (Å²) in [7, 11) is 1.80. The molecule has 0 saturated heterocycles. The Morgan fingerprint density at radius 1 is 1.06 bits per heavy atom. The highest BCUT2D eigenvalue weighted by molar-refractivity contribution is 6.07. The lowest BCUT2D eigenvalue weighted by atomic mass is 9.71. The quantitative estimate of drug-likeness (QED) is 0.589. The topological polar surface area (TPSA) is 70.7 Å². The molecule has 32 heavy (non-hydrogen) atoms. The fourth-order valence-corrected chi connectivity index (χ4v) is 6.35. The van der Waals surface area contributed by atoms with Crippen LogP contribution in [0.2, 0.25) is 0 Å². The molecule has 1 amide bonds. The number of rotatable bonds is 9. The minimum absolute atomic E-state index is 0.0612. The van der Waals surface area contributed by atoms with Gasteiger partial charge in [0, 0.05) is 13.1 Å². The monoisotopic (exact) mass is 438 g/mol. The molecule has 5 heteroatoms. The largest absolute Gasteiger partial charge is 0.369 e. The van der Waals surface area contributed by atoms with Gasteiger partial charge in [0.1, 0.15) is 0 Å². The van der Waals surface area contributed by atoms with Crippen molar-refractivity contribution in [3.05, 3.63) is 35.9 Å². The lowest BCUT2D eigenvalue weighted by Crippen LogP contribution is -2.59. The first-order valence-electron chi connectivity index (χ1n) is 13.0. The van der Waals surface area contributed by atoms with Crippen LogP contribution in [0.25, 0.3) is 0 Å². The third-order valence-corrected chi connectivity index (χ3v) is 8.25. The summed E-state index contributed by atoms with van der Waals surface area (Å²) in [5, 5.41) is 3.87. The van der Waals surface area contributed by atoms with E-state index in [9.17, 15) is 4.79 Å². The van der Waals surface area contributed by atoms with E-state index in [1.807, 2.05) is 0 Å². The van der Waals surface area contributed by atoms with Crippen molar-refractivity contribution in [3.8, 4) is 0 Å². The van der Waals surface area contributed by atoms with Gasteiger partial charge < -0.3 is 11.1 Å². The number of hydrogen-bond acceptors (Lipinski definition) is 4. The Morgan fingerprint density at radius 3 is 2.34 bits per heavy atom. The molecule has 1 aromatic carbocycles. The van der Waals surface area contributed by atoms with E-state index < -0.39 is 5.54 Å². The van der Waals surface area contributed by atoms with Gasteiger partial charge in [-0.2, -0.15) is 0 Å². The molecule has 3 N–H and O–H groups in total. The van der Waals surface area contributed by atoms with E-state index >= 15 is 0 Å². The van der Waals surface area contributed by atoms with Crippen LogP contribution in [-0.2, 0) is 11.2 Å². The molecule has 4 rings (SSSR count). The third-order valence-electron chi connectivity index (χ3n) is 8.25. The molecule has 1 aromatic rings. The van der Waals surface area contributed by atoms with Gasteiger partial charge in [-0.05, 0) is 56.0 Å². The summed E-state index contributed by atoms with van der Waals surface area (Å²) < 4.78 is 0. The van der Waals surface area contributed by atoms with E-state index in [1.165, 1.54) is 69.8 Å². The fraction of sp³-hybridized carbons (Fsp3) is 0.704. The molecule has 2 atom stereocenters. The summed E-state index contributed by atoms with van der Waals surface area (Å²) in [6.07, 6.45) is 15.7. The number of aliphatic imine (C=N–C) groups is 1. The molecule has 1 aliphatic heterocycles. The van der Waals surface area contributed by atoms with Crippen molar-refractivity contribution in [1.82, 2.24) is 10.2 Å². The fourth-order valence-electron chi connectivity index (χ4n) is 6.35. The van der Waals surface area contributed by atoms with Gasteiger partial charge in [-0.15, -0.1) is 0 Å². The molecule has 2 fully saturated rings. The zero-order chi connectivity index (χ0) is 22.4. The number of nitrogens with zero attached hydrogens (tertiary/aromatic N) is 2. The zero-order valence-corrected chi connectivity index (χ0v) is 19.9. The molecule has 0 aromatic heterocycles. The maximum Gasteiger partial charge on any atom is 0.258 e. The van der Waals surface area contributed by atoms with Gasteiger partial charge in [0.2, 0.25) is 0 Å². The molecule has 1 unspecified atom stereocenters. The first kappa shape index (κ1) is 23.3. The lowest BCUT2D eigenvalue weighted by Gasteiger charge is -2.41. The van der Waals surface area contributed by atoms with Gasteiger partial charge in [0.25, 0.3) is 5.91 Å². The van der Waals surface area contributed by atoms with Gasteiger partial charge in [0.15, 0.2) is 11.5 Å². The van der Waals surface area contributed by atoms with Crippen LogP contribution >= 0.6 is 0 Å². The normalized spacial score (nSPS) is 26.3. The summed E-state index contributed by atoms with van der Waals surface area (Å²) in [4.78, 5) is 20.3. The molecule has 2 saturated carbocycles. The number of carbonyl (C=O) groups excluding carboxylic acids is 1. The Morgan fingerprint density at radius 2 is 1.72 bits per heavy atom. The first-order valence-corrected chi connectivity index (χ1v) is 13.0. The van der Waals surface area contributed by atoms with Crippen molar-refractivity contribution in [1.29, 1.82) is 0 Å². The number of carbonyl (C=O) groups is 1. The van der Waals surface area contributed by atoms with Gasteiger partial charge in [0.05, 0.1) is 0 Å². The summed E-state index contributed by atoms with van der Waals surface area (Å²) >= 11 is 0. The van der Waals surface area contributed by atoms with Crippen molar-refractivity contribution in [2.45, 2.75) is 95.1 Å². The van der Waals surface area contributed by atoms with E-state index in [4.69, 9.17) is 10.7 Å². The predicted molar refractivity (Wildman–Crippen MR) is 131 cm³/mol. The molecular formula is C27H42N4O. The Balaban J connectivity index is 1.55. The van der Waals surface area contributed by atoms with Crippen molar-refractivity contribution in [3.63, 3.8) is 0 Å². The van der Waals surface area contributed by atoms with Crippen molar-refractivity contribution in [2.75, 3.05) is 13.6 Å². The van der Waals surface area contributed by atoms with Crippen LogP contribution in [0.3, 0.4) is 0 Å². The average Bonchev–Trinajstić information content (AvgIpc) is 3.06. The lowest BCUT2D eigenvalue weighted by molar-refractivity contribution is -0.132. The third kappa shape index (κ3) is 5.19. The predicted octanol–water partition coefficient (Wildman–Crippen LogP) is 4.65. The van der Waals surface area contributed by atoms with Crippen LogP contribution in [0.1, 0.15) is 82.6 Å². The molecule has 0 bridgehead atoms. The van der Waals surface area contributed by atoms with Crippen LogP contribution < -0.4 is 11.1 Å². The number of likely N-dealkylation sites (N-methyl/N-ethyl adjacent to an activating group) is 1. The highest BCUT2D eigenvalue weighted by atomic mass is 16.2. The van der Waals surface area contributed by atoms with Crippen LogP contribution in [0, 0.1) is 11.8 Å². The van der Waals surface area contributed by atoms with Gasteiger partial charge >= 0.3 is 0 Å². The standard InChI is InChI=1S/C27H42N4O/c1-31-25(32)27(30-26(31)28,19-17-21-11-5-2-6-12-21)24(23-15-9-4-10-16-23)29-20-18-22-13-7-3-8-14-22/h3,7-8,13-14,21,23-24,29H,2,4-6,9-12,15-20H2,1H3,(H2,28,30)/t24?,27-/m1/s1. The van der Waals surface area contributed by atoms with Crippen LogP contribution in [0.15, 0.2) is 35.3 Å². The van der Waals surface area contributed by atoms with Crippen molar-refractivity contribution in [2.24, 2.45) is 22.6 Å². The van der Waals surface area contributed by atoms with Crippen LogP contribution in [0.5, 0.6) is 0 Å². The summed E-state index contributed by atoms with van der Waals surface area (Å²) in [5.74, 6) is 1.71. The smallest absolute Gasteiger partial charge is 0.258 e. The SMILES string of the molecule is CN1C(=O)[C@@](CCC2CCCCC2)(C(NCCc2ccccc2)C2CCCCC2)N=C1N. The second-order valence-electron chi connectivity index (χ2n) is 10.4. The van der Waals surface area contributed by atoms with Crippen LogP contribution in [-0.4, -0.2) is 41.9 Å². The summed E-state index contributed by atoms with van der Waals surface area (Å²) in [6, 6.07) is 10.7. The van der Waals surface area contributed by atoms with Gasteiger partial charge in [-0.25, -0.2) is 4.99 Å². The molecule has 2 aliphatic carbocycles. The second kappa shape index (κ2) is 10.8. The van der Waals surface area contributed by atoms with E-state index in [2.05, 4.69) is 35.6 Å². The number of guanidine groups is 1. The number of amides is 1. The van der Waals surface area contributed by atoms with Gasteiger partial charge in [-0.3, -0.25) is 9.69 Å². The minimum Gasteiger partial charge on any atom is -0.369 e. The average molecular weight is 439 g/mol. The first-order chi connectivity index (χ1) is 15.6. The Kier molecular flexibility index (Phi) is 7.88. The molecule has 5 nitrogen and oxygen atoms in total. The van der Waals surface area contributed by atoms with Crippen LogP contribution in [0.4, 0.5) is 0 Å². The summed E-state index contributed by atoms with van der Waals surface area (Å²) in [6.45, 7) is 0.864. The maximum absolute atomic E-state index is 13.7. The molecule has 0 spiro atoms. The number of benzene rings is 1. The molecule has 3 aliphatic rings. The van der Waals surface area contributed by atoms with Gasteiger partial charge in [-0.1, -0.05) is 81.7 Å². The summed E-state index contributed by atoms with van der Waals surface area (Å²) in [5.41, 5.74) is 6.86. The van der Waals surface area contributed by atoms with E-state index in [0.29, 0.717) is 11.9 Å². The maximum atomic E-state index is 13.7. The second-order valence-corrected chi connectivity index (χ2v) is 10.4. The number of hydrogen-bond donors (Lipinski definition) is 2. The Hall–Kier alpha value is -1.88. The molecular weight excluding hydrogens is 396 g/mol. The molecule has 176 valence electrons. The minimum atomic E-state index is -0.741. The molecule has 0 radical (unpaired) electrons. The van der Waals surface area contributed by atoms with E-state index in [-0.39, 0.29) is 11.9 Å². The highest BCUT2D eigenvalue weighted by Gasteiger charge is 2.54. The Labute approximate surface area is 194 Å². The van der Waals surface area contributed by atoms with Crippen molar-refractivity contribution >= 4 is 11.9 Å². The van der Waals surface area contributed by atoms with E-state index in [1.54, 1.807) is 11.9 Å². The molecule has 1 heterocycles.